The largest absolute Gasteiger partial charge is 0.473 e. The summed E-state index contributed by atoms with van der Waals surface area (Å²) in [7, 11) is 0. The van der Waals surface area contributed by atoms with Crippen molar-refractivity contribution in [3.05, 3.63) is 72.3 Å². The topological polar surface area (TPSA) is 12.5 Å². The zero-order chi connectivity index (χ0) is 15.2. The van der Waals surface area contributed by atoms with E-state index in [-0.39, 0.29) is 5.54 Å². The van der Waals surface area contributed by atoms with Crippen molar-refractivity contribution in [3.63, 3.8) is 0 Å². The molecule has 22 heavy (non-hydrogen) atoms. The van der Waals surface area contributed by atoms with E-state index in [9.17, 15) is 0 Å². The second-order valence-corrected chi connectivity index (χ2v) is 6.29. The van der Waals surface area contributed by atoms with Gasteiger partial charge in [0.25, 0.3) is 0 Å². The van der Waals surface area contributed by atoms with Crippen LogP contribution in [0.1, 0.15) is 19.4 Å². The van der Waals surface area contributed by atoms with Crippen LogP contribution in [0.5, 0.6) is 5.75 Å². The summed E-state index contributed by atoms with van der Waals surface area (Å²) >= 11 is 0. The highest BCUT2D eigenvalue weighted by Gasteiger charge is 2.36. The van der Waals surface area contributed by atoms with Gasteiger partial charge in [0, 0.05) is 11.3 Å². The molecule has 0 bridgehead atoms. The molecule has 1 aliphatic heterocycles. The van der Waals surface area contributed by atoms with E-state index in [0.29, 0.717) is 6.73 Å². The quantitative estimate of drug-likeness (QED) is 0.629. The van der Waals surface area contributed by atoms with Gasteiger partial charge in [-0.05, 0) is 48.9 Å². The van der Waals surface area contributed by atoms with E-state index in [1.807, 2.05) is 6.07 Å². The summed E-state index contributed by atoms with van der Waals surface area (Å²) in [4.78, 5) is 2.31. The average molecular weight is 289 g/mol. The first-order chi connectivity index (χ1) is 10.7. The van der Waals surface area contributed by atoms with Gasteiger partial charge in [-0.3, -0.25) is 0 Å². The van der Waals surface area contributed by atoms with Crippen LogP contribution in [0.15, 0.2) is 66.7 Å². The lowest BCUT2D eigenvalue weighted by Gasteiger charge is -2.45. The molecule has 0 aliphatic carbocycles. The highest BCUT2D eigenvalue weighted by molar-refractivity contribution is 5.85. The van der Waals surface area contributed by atoms with Crippen molar-refractivity contribution in [2.24, 2.45) is 0 Å². The predicted molar refractivity (Wildman–Crippen MR) is 91.4 cm³/mol. The van der Waals surface area contributed by atoms with Crippen molar-refractivity contribution in [2.45, 2.75) is 19.4 Å². The number of nitrogens with zero attached hydrogens (tertiary/aromatic N) is 1. The lowest BCUT2D eigenvalue weighted by atomic mass is 9.88. The first kappa shape index (κ1) is 13.2. The molecule has 3 aromatic carbocycles. The van der Waals surface area contributed by atoms with E-state index >= 15 is 0 Å². The van der Waals surface area contributed by atoms with Crippen LogP contribution in [0.25, 0.3) is 10.8 Å². The first-order valence-corrected chi connectivity index (χ1v) is 7.65. The Morgan fingerprint density at radius 3 is 2.23 bits per heavy atom. The minimum atomic E-state index is -0.112. The summed E-state index contributed by atoms with van der Waals surface area (Å²) in [5.41, 5.74) is 2.31. The minimum absolute atomic E-state index is 0.112. The number of rotatable bonds is 1. The molecule has 0 saturated carbocycles. The van der Waals surface area contributed by atoms with E-state index in [4.69, 9.17) is 4.74 Å². The van der Waals surface area contributed by atoms with Crippen LogP contribution in [0, 0.1) is 0 Å². The SMILES string of the molecule is CC1(C)c2cc3ccccc3cc2OCN1c1ccccc1. The Labute approximate surface area is 130 Å². The zero-order valence-electron chi connectivity index (χ0n) is 12.9. The van der Waals surface area contributed by atoms with Gasteiger partial charge in [-0.2, -0.15) is 0 Å². The third kappa shape index (κ3) is 1.95. The molecule has 0 atom stereocenters. The summed E-state index contributed by atoms with van der Waals surface area (Å²) < 4.78 is 6.06. The summed E-state index contributed by atoms with van der Waals surface area (Å²) in [5, 5.41) is 2.48. The molecule has 3 aromatic rings. The fraction of sp³-hybridized carbons (Fsp3) is 0.200. The summed E-state index contributed by atoms with van der Waals surface area (Å²) in [6.07, 6.45) is 0. The van der Waals surface area contributed by atoms with Gasteiger partial charge >= 0.3 is 0 Å². The van der Waals surface area contributed by atoms with Gasteiger partial charge in [0.05, 0.1) is 5.54 Å². The first-order valence-electron chi connectivity index (χ1n) is 7.65. The van der Waals surface area contributed by atoms with Crippen LogP contribution in [-0.2, 0) is 5.54 Å². The van der Waals surface area contributed by atoms with Crippen LogP contribution in [-0.4, -0.2) is 6.73 Å². The van der Waals surface area contributed by atoms with Gasteiger partial charge in [0.15, 0.2) is 6.73 Å². The summed E-state index contributed by atoms with van der Waals surface area (Å²) in [6, 6.07) is 23.3. The Morgan fingerprint density at radius 1 is 0.864 bits per heavy atom. The Morgan fingerprint density at radius 2 is 1.50 bits per heavy atom. The van der Waals surface area contributed by atoms with Gasteiger partial charge in [0.2, 0.25) is 0 Å². The lowest BCUT2D eigenvalue weighted by Crippen LogP contribution is -2.47. The molecule has 0 radical (unpaired) electrons. The van der Waals surface area contributed by atoms with Crippen LogP contribution >= 0.6 is 0 Å². The molecule has 4 rings (SSSR count). The third-order valence-corrected chi connectivity index (χ3v) is 4.60. The molecule has 0 N–H and O–H groups in total. The van der Waals surface area contributed by atoms with Gasteiger partial charge in [-0.25, -0.2) is 0 Å². The summed E-state index contributed by atoms with van der Waals surface area (Å²) in [6.45, 7) is 5.09. The molecule has 0 amide bonds. The van der Waals surface area contributed by atoms with Crippen LogP contribution in [0.2, 0.25) is 0 Å². The number of anilines is 1. The molecule has 2 heteroatoms. The number of benzene rings is 3. The number of hydrogen-bond donors (Lipinski definition) is 0. The molecule has 1 aliphatic rings. The Balaban J connectivity index is 1.87. The standard InChI is InChI=1S/C20H19NO/c1-20(2)18-12-15-8-6-7-9-16(15)13-19(18)22-14-21(20)17-10-4-3-5-11-17/h3-13H,14H2,1-2H3. The summed E-state index contributed by atoms with van der Waals surface area (Å²) in [5.74, 6) is 0.996. The molecule has 0 aromatic heterocycles. The predicted octanol–water partition coefficient (Wildman–Crippen LogP) is 4.93. The molecule has 110 valence electrons. The average Bonchev–Trinajstić information content (AvgIpc) is 2.54. The molecular weight excluding hydrogens is 270 g/mol. The Bertz CT molecular complexity index is 823. The lowest BCUT2D eigenvalue weighted by molar-refractivity contribution is 0.236. The van der Waals surface area contributed by atoms with Gasteiger partial charge < -0.3 is 9.64 Å². The fourth-order valence-electron chi connectivity index (χ4n) is 3.26. The maximum Gasteiger partial charge on any atom is 0.162 e. The maximum absolute atomic E-state index is 6.06. The number of para-hydroxylation sites is 1. The molecule has 0 saturated heterocycles. The third-order valence-electron chi connectivity index (χ3n) is 4.60. The molecule has 0 fully saturated rings. The van der Waals surface area contributed by atoms with Crippen molar-refractivity contribution < 1.29 is 4.74 Å². The highest BCUT2D eigenvalue weighted by atomic mass is 16.5. The molecule has 1 heterocycles. The molecule has 0 spiro atoms. The van der Waals surface area contributed by atoms with E-state index in [2.05, 4.69) is 79.4 Å². The monoisotopic (exact) mass is 289 g/mol. The smallest absolute Gasteiger partial charge is 0.162 e. The van der Waals surface area contributed by atoms with Gasteiger partial charge in [0.1, 0.15) is 5.75 Å². The van der Waals surface area contributed by atoms with Crippen molar-refractivity contribution in [1.82, 2.24) is 0 Å². The Hall–Kier alpha value is -2.48. The van der Waals surface area contributed by atoms with E-state index in [1.165, 1.54) is 22.0 Å². The van der Waals surface area contributed by atoms with Crippen molar-refractivity contribution in [3.8, 4) is 5.75 Å². The van der Waals surface area contributed by atoms with Crippen molar-refractivity contribution in [2.75, 3.05) is 11.6 Å². The maximum atomic E-state index is 6.06. The minimum Gasteiger partial charge on any atom is -0.473 e. The molecule has 0 unspecified atom stereocenters. The van der Waals surface area contributed by atoms with E-state index in [0.717, 1.165) is 5.75 Å². The molecule has 2 nitrogen and oxygen atoms in total. The number of fused-ring (bicyclic) bond motifs is 2. The highest BCUT2D eigenvalue weighted by Crippen LogP contribution is 2.42. The van der Waals surface area contributed by atoms with Crippen LogP contribution in [0.4, 0.5) is 5.69 Å². The van der Waals surface area contributed by atoms with E-state index < -0.39 is 0 Å². The van der Waals surface area contributed by atoms with Gasteiger partial charge in [-0.15, -0.1) is 0 Å². The van der Waals surface area contributed by atoms with Crippen LogP contribution < -0.4 is 9.64 Å². The molecular formula is C20H19NO. The fourth-order valence-corrected chi connectivity index (χ4v) is 3.26. The van der Waals surface area contributed by atoms with Crippen LogP contribution in [0.3, 0.4) is 0 Å². The van der Waals surface area contributed by atoms with Crippen molar-refractivity contribution >= 4 is 16.5 Å². The van der Waals surface area contributed by atoms with Crippen molar-refractivity contribution in [1.29, 1.82) is 0 Å². The zero-order valence-corrected chi connectivity index (χ0v) is 12.9. The number of hydrogen-bond acceptors (Lipinski definition) is 2. The van der Waals surface area contributed by atoms with E-state index in [1.54, 1.807) is 0 Å². The normalized spacial score (nSPS) is 16.2. The van der Waals surface area contributed by atoms with Gasteiger partial charge in [-0.1, -0.05) is 42.5 Å². The number of ether oxygens (including phenoxy) is 1. The second kappa shape index (κ2) is 4.77. The second-order valence-electron chi connectivity index (χ2n) is 6.29. The Kier molecular flexibility index (Phi) is 2.86.